The van der Waals surface area contributed by atoms with E-state index in [-0.39, 0.29) is 5.78 Å². The van der Waals surface area contributed by atoms with Gasteiger partial charge >= 0.3 is 0 Å². The Bertz CT molecular complexity index is 1140. The molecule has 5 nitrogen and oxygen atoms in total. The van der Waals surface area contributed by atoms with E-state index in [0.717, 1.165) is 34.9 Å². The van der Waals surface area contributed by atoms with Crippen molar-refractivity contribution < 1.29 is 24.0 Å². The van der Waals surface area contributed by atoms with E-state index < -0.39 is 17.1 Å². The SMILES string of the molecule is C/[N+](CC1CC1)=C1/Cc2ccc(OCc3ccccc3)c3c2C2(C)C(O3)C(=O)CC[C@@]12O. The maximum atomic E-state index is 13.0. The quantitative estimate of drug-likeness (QED) is 0.736. The molecule has 2 fully saturated rings. The van der Waals surface area contributed by atoms with Crippen LogP contribution >= 0.6 is 0 Å². The molecule has 0 radical (unpaired) electrons. The number of rotatable bonds is 5. The van der Waals surface area contributed by atoms with Crippen molar-refractivity contribution >= 4 is 11.5 Å². The Hall–Kier alpha value is -2.66. The van der Waals surface area contributed by atoms with Crippen molar-refractivity contribution in [1.82, 2.24) is 0 Å². The molecule has 1 N–H and O–H groups in total. The average Bonchev–Trinajstić information content (AvgIpc) is 3.54. The summed E-state index contributed by atoms with van der Waals surface area (Å²) in [5.41, 5.74) is 2.31. The third kappa shape index (κ3) is 2.73. The minimum absolute atomic E-state index is 0.0689. The first kappa shape index (κ1) is 20.0. The molecule has 32 heavy (non-hydrogen) atoms. The summed E-state index contributed by atoms with van der Waals surface area (Å²) in [4.78, 5) is 13.0. The van der Waals surface area contributed by atoms with Gasteiger partial charge in [-0.15, -0.1) is 0 Å². The Morgan fingerprint density at radius 3 is 2.72 bits per heavy atom. The van der Waals surface area contributed by atoms with E-state index in [1.165, 1.54) is 12.8 Å². The van der Waals surface area contributed by atoms with Crippen molar-refractivity contribution in [2.45, 2.75) is 62.8 Å². The zero-order valence-electron chi connectivity index (χ0n) is 18.8. The van der Waals surface area contributed by atoms with Gasteiger partial charge in [-0.2, -0.15) is 0 Å². The van der Waals surface area contributed by atoms with Crippen molar-refractivity contribution in [3.05, 3.63) is 59.2 Å². The first-order valence-electron chi connectivity index (χ1n) is 11.7. The van der Waals surface area contributed by atoms with E-state index in [4.69, 9.17) is 9.47 Å². The van der Waals surface area contributed by atoms with Crippen LogP contribution in [0.2, 0.25) is 0 Å². The smallest absolute Gasteiger partial charge is 0.189 e. The van der Waals surface area contributed by atoms with Gasteiger partial charge in [0.15, 0.2) is 34.7 Å². The monoisotopic (exact) mass is 432 g/mol. The van der Waals surface area contributed by atoms with Crippen molar-refractivity contribution in [2.75, 3.05) is 13.6 Å². The summed E-state index contributed by atoms with van der Waals surface area (Å²) < 4.78 is 14.8. The minimum atomic E-state index is -1.09. The third-order valence-corrected chi connectivity index (χ3v) is 8.13. The molecule has 2 unspecified atom stereocenters. The molecule has 4 aliphatic rings. The zero-order valence-corrected chi connectivity index (χ0v) is 18.8. The molecule has 0 spiro atoms. The van der Waals surface area contributed by atoms with Crippen molar-refractivity contribution in [1.29, 1.82) is 0 Å². The lowest BCUT2D eigenvalue weighted by molar-refractivity contribution is -0.507. The number of hydrogen-bond donors (Lipinski definition) is 1. The molecule has 3 atom stereocenters. The zero-order chi connectivity index (χ0) is 22.1. The van der Waals surface area contributed by atoms with Crippen LogP contribution in [0, 0.1) is 5.92 Å². The van der Waals surface area contributed by atoms with E-state index in [0.29, 0.717) is 37.4 Å². The Morgan fingerprint density at radius 1 is 1.19 bits per heavy atom. The van der Waals surface area contributed by atoms with E-state index in [1.54, 1.807) is 0 Å². The highest BCUT2D eigenvalue weighted by Crippen LogP contribution is 2.60. The van der Waals surface area contributed by atoms with E-state index >= 15 is 0 Å². The maximum absolute atomic E-state index is 13.0. The lowest BCUT2D eigenvalue weighted by Crippen LogP contribution is -2.68. The first-order chi connectivity index (χ1) is 15.4. The number of nitrogens with zero attached hydrogens (tertiary/aromatic N) is 1. The minimum Gasteiger partial charge on any atom is -0.485 e. The fourth-order valence-electron chi connectivity index (χ4n) is 6.18. The highest BCUT2D eigenvalue weighted by atomic mass is 16.5. The fourth-order valence-corrected chi connectivity index (χ4v) is 6.18. The fraction of sp³-hybridized carbons (Fsp3) is 0.481. The number of carbonyl (C=O) groups excluding carboxylic acids is 1. The molecule has 3 aliphatic carbocycles. The van der Waals surface area contributed by atoms with Gasteiger partial charge in [0.1, 0.15) is 20.2 Å². The number of aliphatic hydroxyl groups is 1. The van der Waals surface area contributed by atoms with Gasteiger partial charge in [-0.1, -0.05) is 36.4 Å². The van der Waals surface area contributed by atoms with Crippen LogP contribution < -0.4 is 9.47 Å². The lowest BCUT2D eigenvalue weighted by Gasteiger charge is -2.49. The summed E-state index contributed by atoms with van der Waals surface area (Å²) in [7, 11) is 2.10. The van der Waals surface area contributed by atoms with Crippen LogP contribution in [0.4, 0.5) is 0 Å². The van der Waals surface area contributed by atoms with Gasteiger partial charge in [0.05, 0.1) is 11.8 Å². The normalized spacial score (nSPS) is 31.7. The molecule has 0 amide bonds. The highest BCUT2D eigenvalue weighted by Gasteiger charge is 2.70. The summed E-state index contributed by atoms with van der Waals surface area (Å²) in [5.74, 6) is 2.08. The largest absolute Gasteiger partial charge is 0.485 e. The molecular weight excluding hydrogens is 402 g/mol. The number of ether oxygens (including phenoxy) is 2. The summed E-state index contributed by atoms with van der Waals surface area (Å²) in [6, 6.07) is 14.1. The standard InChI is InChI=1S/C27H30NO4/c1-26-23-19-10-11-21(31-16-18-6-4-3-5-7-18)24(23)32-25(26)20(29)12-13-27(26,30)22(14-19)28(2)15-17-8-9-17/h3-7,10-11,17,25,30H,8-9,12-16H2,1-2H3/q+1/b28-22+/t25?,26?,27-/m1/s1. The molecule has 2 aromatic carbocycles. The molecule has 5 heteroatoms. The van der Waals surface area contributed by atoms with Crippen molar-refractivity contribution in [2.24, 2.45) is 5.92 Å². The van der Waals surface area contributed by atoms with Crippen LogP contribution in [-0.4, -0.2) is 46.5 Å². The molecule has 0 saturated heterocycles. The molecule has 6 rings (SSSR count). The Morgan fingerprint density at radius 2 is 1.97 bits per heavy atom. The number of ketones is 1. The van der Waals surface area contributed by atoms with Gasteiger partial charge in [-0.25, -0.2) is 4.58 Å². The first-order valence-corrected chi connectivity index (χ1v) is 11.7. The van der Waals surface area contributed by atoms with E-state index in [1.807, 2.05) is 43.3 Å². The molecule has 166 valence electrons. The molecular formula is C27H30NO4+. The van der Waals surface area contributed by atoms with Gasteiger partial charge in [-0.3, -0.25) is 4.79 Å². The maximum Gasteiger partial charge on any atom is 0.189 e. The highest BCUT2D eigenvalue weighted by molar-refractivity contribution is 6.01. The number of Topliss-reactive ketones (excluding diaryl/α,β-unsaturated/α-hetero) is 1. The summed E-state index contributed by atoms with van der Waals surface area (Å²) in [6.45, 7) is 3.42. The van der Waals surface area contributed by atoms with Gasteiger partial charge in [-0.05, 0) is 43.4 Å². The van der Waals surface area contributed by atoms with Gasteiger partial charge < -0.3 is 14.6 Å². The second-order valence-corrected chi connectivity index (χ2v) is 10.2. The van der Waals surface area contributed by atoms with Crippen LogP contribution in [0.3, 0.4) is 0 Å². The van der Waals surface area contributed by atoms with E-state index in [9.17, 15) is 9.90 Å². The van der Waals surface area contributed by atoms with Gasteiger partial charge in [0.25, 0.3) is 0 Å². The van der Waals surface area contributed by atoms with Crippen LogP contribution in [-0.2, 0) is 23.2 Å². The van der Waals surface area contributed by atoms with E-state index in [2.05, 4.69) is 17.7 Å². The number of hydrogen-bond acceptors (Lipinski definition) is 4. The summed E-state index contributed by atoms with van der Waals surface area (Å²) >= 11 is 0. The molecule has 2 aromatic rings. The van der Waals surface area contributed by atoms with Crippen molar-refractivity contribution in [3.8, 4) is 11.5 Å². The van der Waals surface area contributed by atoms with Crippen LogP contribution in [0.5, 0.6) is 11.5 Å². The Balaban J connectivity index is 1.46. The summed E-state index contributed by atoms with van der Waals surface area (Å²) in [5, 5.41) is 12.2. The van der Waals surface area contributed by atoms with Crippen LogP contribution in [0.25, 0.3) is 0 Å². The Labute approximate surface area is 188 Å². The second-order valence-electron chi connectivity index (χ2n) is 10.2. The number of benzene rings is 2. The summed E-state index contributed by atoms with van der Waals surface area (Å²) in [6.07, 6.45) is 3.31. The molecule has 1 aliphatic heterocycles. The average molecular weight is 433 g/mol. The molecule has 1 heterocycles. The Kier molecular flexibility index (Phi) is 4.32. The predicted octanol–water partition coefficient (Wildman–Crippen LogP) is 3.43. The van der Waals surface area contributed by atoms with Crippen LogP contribution in [0.1, 0.15) is 49.3 Å². The molecule has 0 bridgehead atoms. The lowest BCUT2D eigenvalue weighted by atomic mass is 9.54. The van der Waals surface area contributed by atoms with Gasteiger partial charge in [0, 0.05) is 17.9 Å². The third-order valence-electron chi connectivity index (χ3n) is 8.13. The molecule has 0 aromatic heterocycles. The molecule has 2 saturated carbocycles. The topological polar surface area (TPSA) is 58.8 Å². The second kappa shape index (κ2) is 6.92. The predicted molar refractivity (Wildman–Crippen MR) is 121 cm³/mol. The van der Waals surface area contributed by atoms with Gasteiger partial charge in [0.2, 0.25) is 0 Å². The number of carbonyl (C=O) groups is 1. The van der Waals surface area contributed by atoms with Crippen molar-refractivity contribution in [3.63, 3.8) is 0 Å². The van der Waals surface area contributed by atoms with Crippen LogP contribution in [0.15, 0.2) is 42.5 Å².